The average molecular weight is 301 g/mol. The number of carbonyl (C=O) groups excluding carboxylic acids is 1. The predicted octanol–water partition coefficient (Wildman–Crippen LogP) is 1.77. The Morgan fingerprint density at radius 1 is 1.18 bits per heavy atom. The number of phenolic OH excluding ortho intramolecular Hbond substituents is 2. The Morgan fingerprint density at radius 3 is 2.50 bits per heavy atom. The van der Waals surface area contributed by atoms with Gasteiger partial charge in [0.25, 0.3) is 11.6 Å². The number of hydrogen-bond acceptors (Lipinski definition) is 6. The first kappa shape index (κ1) is 15.0. The van der Waals surface area contributed by atoms with Crippen molar-refractivity contribution in [1.29, 1.82) is 0 Å². The second kappa shape index (κ2) is 6.35. The highest BCUT2D eigenvalue weighted by molar-refractivity contribution is 5.95. The largest absolute Gasteiger partial charge is 0.504 e. The summed E-state index contributed by atoms with van der Waals surface area (Å²) in [4.78, 5) is 21.7. The van der Waals surface area contributed by atoms with Gasteiger partial charge in [-0.3, -0.25) is 14.9 Å². The van der Waals surface area contributed by atoms with Gasteiger partial charge in [0, 0.05) is 23.3 Å². The van der Waals surface area contributed by atoms with Crippen LogP contribution in [0.2, 0.25) is 0 Å². The predicted molar refractivity (Wildman–Crippen MR) is 77.9 cm³/mol. The Bertz CT molecular complexity index is 741. The molecule has 0 aromatic heterocycles. The Morgan fingerprint density at radius 2 is 1.86 bits per heavy atom. The van der Waals surface area contributed by atoms with Crippen LogP contribution < -0.4 is 5.43 Å². The Labute approximate surface area is 124 Å². The topological polar surface area (TPSA) is 125 Å². The molecule has 1 amide bonds. The van der Waals surface area contributed by atoms with E-state index in [0.717, 1.165) is 0 Å². The van der Waals surface area contributed by atoms with Gasteiger partial charge >= 0.3 is 0 Å². The van der Waals surface area contributed by atoms with E-state index in [1.165, 1.54) is 48.7 Å². The standard InChI is InChI=1S/C14H11N3O5/c18-12-3-1-2-10(13(12)19)8-15-16-14(20)9-4-6-11(7-5-9)17(21)22/h1-8,18-19H,(H,16,20)/b15-8-. The fourth-order valence-electron chi connectivity index (χ4n) is 1.61. The summed E-state index contributed by atoms with van der Waals surface area (Å²) in [6.45, 7) is 0. The molecule has 0 aliphatic heterocycles. The smallest absolute Gasteiger partial charge is 0.271 e. The quantitative estimate of drug-likeness (QED) is 0.343. The third-order valence-electron chi connectivity index (χ3n) is 2.76. The number of nitro benzene ring substituents is 1. The molecule has 0 saturated heterocycles. The number of hydrogen-bond donors (Lipinski definition) is 3. The first-order valence-corrected chi connectivity index (χ1v) is 6.08. The number of carbonyl (C=O) groups is 1. The van der Waals surface area contributed by atoms with Gasteiger partial charge in [-0.25, -0.2) is 5.43 Å². The van der Waals surface area contributed by atoms with Crippen LogP contribution in [0, 0.1) is 10.1 Å². The second-order valence-corrected chi connectivity index (χ2v) is 4.22. The van der Waals surface area contributed by atoms with E-state index < -0.39 is 10.8 Å². The van der Waals surface area contributed by atoms with Crippen molar-refractivity contribution in [2.75, 3.05) is 0 Å². The molecule has 0 heterocycles. The third kappa shape index (κ3) is 3.37. The number of hydrazone groups is 1. The molecule has 8 nitrogen and oxygen atoms in total. The van der Waals surface area contributed by atoms with Gasteiger partial charge in [0.2, 0.25) is 0 Å². The second-order valence-electron chi connectivity index (χ2n) is 4.22. The van der Waals surface area contributed by atoms with Gasteiger partial charge in [-0.15, -0.1) is 0 Å². The lowest BCUT2D eigenvalue weighted by Crippen LogP contribution is -2.17. The molecule has 0 aliphatic carbocycles. The lowest BCUT2D eigenvalue weighted by molar-refractivity contribution is -0.384. The van der Waals surface area contributed by atoms with E-state index in [0.29, 0.717) is 0 Å². The van der Waals surface area contributed by atoms with Gasteiger partial charge in [0.05, 0.1) is 11.1 Å². The van der Waals surface area contributed by atoms with Crippen LogP contribution in [0.5, 0.6) is 11.5 Å². The van der Waals surface area contributed by atoms with E-state index in [9.17, 15) is 25.1 Å². The molecular formula is C14H11N3O5. The first-order chi connectivity index (χ1) is 10.5. The van der Waals surface area contributed by atoms with Crippen molar-refractivity contribution in [3.63, 3.8) is 0 Å². The zero-order chi connectivity index (χ0) is 16.1. The lowest BCUT2D eigenvalue weighted by Gasteiger charge is -2.01. The van der Waals surface area contributed by atoms with E-state index >= 15 is 0 Å². The number of nitrogens with zero attached hydrogens (tertiary/aromatic N) is 2. The van der Waals surface area contributed by atoms with Gasteiger partial charge < -0.3 is 10.2 Å². The highest BCUT2D eigenvalue weighted by Gasteiger charge is 2.09. The monoisotopic (exact) mass is 301 g/mol. The molecular weight excluding hydrogens is 290 g/mol. The maximum atomic E-state index is 11.8. The fourth-order valence-corrected chi connectivity index (χ4v) is 1.61. The molecule has 0 fully saturated rings. The maximum Gasteiger partial charge on any atom is 0.271 e. The van der Waals surface area contributed by atoms with E-state index in [-0.39, 0.29) is 28.3 Å². The van der Waals surface area contributed by atoms with Gasteiger partial charge in [-0.2, -0.15) is 5.10 Å². The van der Waals surface area contributed by atoms with E-state index in [2.05, 4.69) is 10.5 Å². The van der Waals surface area contributed by atoms with E-state index in [1.54, 1.807) is 0 Å². The molecule has 2 rings (SSSR count). The minimum absolute atomic E-state index is 0.121. The zero-order valence-electron chi connectivity index (χ0n) is 11.1. The van der Waals surface area contributed by atoms with E-state index in [4.69, 9.17) is 0 Å². The molecule has 0 bridgehead atoms. The van der Waals surface area contributed by atoms with E-state index in [1.807, 2.05) is 0 Å². The highest BCUT2D eigenvalue weighted by Crippen LogP contribution is 2.26. The number of rotatable bonds is 4. The zero-order valence-corrected chi connectivity index (χ0v) is 11.1. The number of nitrogens with one attached hydrogen (secondary N) is 1. The summed E-state index contributed by atoms with van der Waals surface area (Å²) in [5, 5.41) is 33.0. The number of phenols is 2. The summed E-state index contributed by atoms with van der Waals surface area (Å²) in [5.74, 6) is -1.22. The van der Waals surface area contributed by atoms with Gasteiger partial charge in [-0.1, -0.05) is 6.07 Å². The minimum Gasteiger partial charge on any atom is -0.504 e. The molecule has 0 spiro atoms. The SMILES string of the molecule is O=C(N/N=C\c1cccc(O)c1O)c1ccc([N+](=O)[O-])cc1. The number of non-ortho nitro benzene ring substituents is 1. The summed E-state index contributed by atoms with van der Waals surface area (Å²) in [5.41, 5.74) is 2.51. The molecule has 0 unspecified atom stereocenters. The van der Waals surface area contributed by atoms with Crippen LogP contribution in [-0.4, -0.2) is 27.3 Å². The fraction of sp³-hybridized carbons (Fsp3) is 0. The van der Waals surface area contributed by atoms with Crippen molar-refractivity contribution in [2.45, 2.75) is 0 Å². The molecule has 2 aromatic carbocycles. The molecule has 3 N–H and O–H groups in total. The van der Waals surface area contributed by atoms with Crippen molar-refractivity contribution in [2.24, 2.45) is 5.10 Å². The minimum atomic E-state index is -0.565. The maximum absolute atomic E-state index is 11.8. The Balaban J connectivity index is 2.04. The molecule has 8 heteroatoms. The summed E-state index contributed by atoms with van der Waals surface area (Å²) < 4.78 is 0. The van der Waals surface area contributed by atoms with Crippen molar-refractivity contribution >= 4 is 17.8 Å². The van der Waals surface area contributed by atoms with Crippen LogP contribution in [0.15, 0.2) is 47.6 Å². The van der Waals surface area contributed by atoms with Crippen molar-refractivity contribution in [1.82, 2.24) is 5.43 Å². The molecule has 0 saturated carbocycles. The Kier molecular flexibility index (Phi) is 4.33. The normalized spacial score (nSPS) is 10.5. The number of aromatic hydroxyl groups is 2. The molecule has 0 radical (unpaired) electrons. The number of benzene rings is 2. The summed E-state index contributed by atoms with van der Waals surface area (Å²) in [6.07, 6.45) is 1.17. The highest BCUT2D eigenvalue weighted by atomic mass is 16.6. The number of para-hydroxylation sites is 1. The summed E-state index contributed by atoms with van der Waals surface area (Å²) >= 11 is 0. The van der Waals surface area contributed by atoms with Crippen LogP contribution in [0.3, 0.4) is 0 Å². The van der Waals surface area contributed by atoms with Crippen LogP contribution in [-0.2, 0) is 0 Å². The molecule has 22 heavy (non-hydrogen) atoms. The van der Waals surface area contributed by atoms with Gasteiger partial charge in [0.15, 0.2) is 11.5 Å². The molecule has 0 atom stereocenters. The van der Waals surface area contributed by atoms with Crippen LogP contribution in [0.25, 0.3) is 0 Å². The van der Waals surface area contributed by atoms with Crippen LogP contribution >= 0.6 is 0 Å². The lowest BCUT2D eigenvalue weighted by atomic mass is 10.2. The van der Waals surface area contributed by atoms with Crippen molar-refractivity contribution in [3.8, 4) is 11.5 Å². The number of nitro groups is 1. The van der Waals surface area contributed by atoms with Gasteiger partial charge in [-0.05, 0) is 24.3 Å². The molecule has 112 valence electrons. The summed E-state index contributed by atoms with van der Waals surface area (Å²) in [6, 6.07) is 9.33. The summed E-state index contributed by atoms with van der Waals surface area (Å²) in [7, 11) is 0. The van der Waals surface area contributed by atoms with Crippen molar-refractivity contribution < 1.29 is 19.9 Å². The average Bonchev–Trinajstić information content (AvgIpc) is 2.51. The molecule has 2 aromatic rings. The Hall–Kier alpha value is -3.42. The van der Waals surface area contributed by atoms with Gasteiger partial charge in [0.1, 0.15) is 0 Å². The first-order valence-electron chi connectivity index (χ1n) is 6.08. The van der Waals surface area contributed by atoms with Crippen LogP contribution in [0.4, 0.5) is 5.69 Å². The number of amides is 1. The molecule has 0 aliphatic rings. The third-order valence-corrected chi connectivity index (χ3v) is 2.76. The van der Waals surface area contributed by atoms with Crippen LogP contribution in [0.1, 0.15) is 15.9 Å². The van der Waals surface area contributed by atoms with Crippen molar-refractivity contribution in [3.05, 3.63) is 63.7 Å².